The predicted molar refractivity (Wildman–Crippen MR) is 49.1 cm³/mol. The monoisotopic (exact) mass is 182 g/mol. The summed E-state index contributed by atoms with van der Waals surface area (Å²) in [6, 6.07) is 3.69. The summed E-state index contributed by atoms with van der Waals surface area (Å²) >= 11 is 0. The molecule has 0 saturated carbocycles. The van der Waals surface area contributed by atoms with Gasteiger partial charge in [-0.05, 0) is 12.1 Å². The molecule has 0 aliphatic heterocycles. The highest BCUT2D eigenvalue weighted by atomic mass is 16.3. The van der Waals surface area contributed by atoms with Crippen molar-refractivity contribution in [3.63, 3.8) is 0 Å². The number of carbonyl (C=O) groups excluding carboxylic acids is 1. The van der Waals surface area contributed by atoms with Crippen molar-refractivity contribution in [1.82, 2.24) is 10.2 Å². The molecular formula is C9H14N2O2. The molecule has 0 aliphatic carbocycles. The molecule has 72 valence electrons. The summed E-state index contributed by atoms with van der Waals surface area (Å²) in [5.74, 6) is 0.901. The first-order chi connectivity index (χ1) is 6.20. The molecule has 1 N–H and O–H groups in total. The Morgan fingerprint density at radius 2 is 2.38 bits per heavy atom. The Morgan fingerprint density at radius 3 is 2.92 bits per heavy atom. The molecular weight excluding hydrogens is 168 g/mol. The second-order valence-corrected chi connectivity index (χ2v) is 2.97. The number of hydrogen-bond acceptors (Lipinski definition) is 3. The van der Waals surface area contributed by atoms with Gasteiger partial charge in [0.1, 0.15) is 5.76 Å². The first kappa shape index (κ1) is 9.80. The predicted octanol–water partition coefficient (Wildman–Crippen LogP) is 0.457. The van der Waals surface area contributed by atoms with E-state index in [4.69, 9.17) is 4.42 Å². The first-order valence-electron chi connectivity index (χ1n) is 4.13. The molecule has 0 aromatic carbocycles. The lowest BCUT2D eigenvalue weighted by Gasteiger charge is -2.09. The van der Waals surface area contributed by atoms with Crippen molar-refractivity contribution in [3.8, 4) is 0 Å². The van der Waals surface area contributed by atoms with Gasteiger partial charge in [-0.1, -0.05) is 0 Å². The average molecular weight is 182 g/mol. The smallest absolute Gasteiger partial charge is 0.236 e. The molecule has 0 fully saturated rings. The third kappa shape index (κ3) is 3.29. The van der Waals surface area contributed by atoms with Crippen LogP contribution in [0.25, 0.3) is 0 Å². The first-order valence-corrected chi connectivity index (χ1v) is 4.13. The Kier molecular flexibility index (Phi) is 3.52. The number of amides is 1. The summed E-state index contributed by atoms with van der Waals surface area (Å²) < 4.78 is 5.09. The van der Waals surface area contributed by atoms with Gasteiger partial charge in [-0.15, -0.1) is 0 Å². The van der Waals surface area contributed by atoms with Crippen LogP contribution in [0.4, 0.5) is 0 Å². The van der Waals surface area contributed by atoms with E-state index in [1.54, 1.807) is 25.3 Å². The zero-order valence-electron chi connectivity index (χ0n) is 7.91. The summed E-state index contributed by atoms with van der Waals surface area (Å²) in [5, 5.41) is 2.98. The van der Waals surface area contributed by atoms with Crippen LogP contribution < -0.4 is 5.32 Å². The van der Waals surface area contributed by atoms with E-state index in [9.17, 15) is 4.79 Å². The third-order valence-corrected chi connectivity index (χ3v) is 1.65. The zero-order valence-corrected chi connectivity index (χ0v) is 7.91. The number of carbonyl (C=O) groups is 1. The van der Waals surface area contributed by atoms with E-state index in [0.717, 1.165) is 5.76 Å². The maximum Gasteiger partial charge on any atom is 0.236 e. The van der Waals surface area contributed by atoms with Gasteiger partial charge in [0, 0.05) is 14.1 Å². The lowest BCUT2D eigenvalue weighted by Crippen LogP contribution is -2.32. The molecule has 0 unspecified atom stereocenters. The van der Waals surface area contributed by atoms with Crippen molar-refractivity contribution < 1.29 is 9.21 Å². The molecule has 4 nitrogen and oxygen atoms in total. The highest BCUT2D eigenvalue weighted by molar-refractivity contribution is 5.77. The zero-order chi connectivity index (χ0) is 9.68. The third-order valence-electron chi connectivity index (χ3n) is 1.65. The van der Waals surface area contributed by atoms with E-state index >= 15 is 0 Å². The minimum atomic E-state index is 0.0616. The van der Waals surface area contributed by atoms with Gasteiger partial charge in [0.15, 0.2) is 0 Å². The molecule has 1 rings (SSSR count). The number of nitrogens with zero attached hydrogens (tertiary/aromatic N) is 1. The summed E-state index contributed by atoms with van der Waals surface area (Å²) in [5.41, 5.74) is 0. The number of furan rings is 1. The fourth-order valence-electron chi connectivity index (χ4n) is 0.864. The van der Waals surface area contributed by atoms with E-state index < -0.39 is 0 Å². The highest BCUT2D eigenvalue weighted by Gasteiger charge is 2.02. The van der Waals surface area contributed by atoms with Crippen LogP contribution in [0.1, 0.15) is 5.76 Å². The lowest BCUT2D eigenvalue weighted by molar-refractivity contribution is -0.127. The SMILES string of the molecule is CN(C)C(=O)CNCc1ccco1. The minimum Gasteiger partial charge on any atom is -0.468 e. The average Bonchev–Trinajstić information content (AvgIpc) is 2.56. The van der Waals surface area contributed by atoms with Gasteiger partial charge in [-0.3, -0.25) is 4.79 Å². The maximum atomic E-state index is 11.1. The summed E-state index contributed by atoms with van der Waals surface area (Å²) in [7, 11) is 3.47. The molecule has 0 bridgehead atoms. The molecule has 13 heavy (non-hydrogen) atoms. The summed E-state index contributed by atoms with van der Waals surface area (Å²) in [6.45, 7) is 0.931. The Bertz CT molecular complexity index is 255. The summed E-state index contributed by atoms with van der Waals surface area (Å²) in [4.78, 5) is 12.7. The second-order valence-electron chi connectivity index (χ2n) is 2.97. The van der Waals surface area contributed by atoms with E-state index in [0.29, 0.717) is 13.1 Å². The van der Waals surface area contributed by atoms with Gasteiger partial charge in [0.25, 0.3) is 0 Å². The number of rotatable bonds is 4. The van der Waals surface area contributed by atoms with Crippen LogP contribution in [0.15, 0.2) is 22.8 Å². The van der Waals surface area contributed by atoms with Gasteiger partial charge in [0.2, 0.25) is 5.91 Å². The Hall–Kier alpha value is -1.29. The molecule has 1 heterocycles. The fraction of sp³-hybridized carbons (Fsp3) is 0.444. The highest BCUT2D eigenvalue weighted by Crippen LogP contribution is 1.97. The molecule has 0 atom stereocenters. The standard InChI is InChI=1S/C9H14N2O2/c1-11(2)9(12)7-10-6-8-4-3-5-13-8/h3-5,10H,6-7H2,1-2H3. The van der Waals surface area contributed by atoms with Crippen molar-refractivity contribution in [2.24, 2.45) is 0 Å². The van der Waals surface area contributed by atoms with Crippen LogP contribution in [0, 0.1) is 0 Å². The van der Waals surface area contributed by atoms with Gasteiger partial charge in [-0.2, -0.15) is 0 Å². The van der Waals surface area contributed by atoms with Crippen LogP contribution in [0.3, 0.4) is 0 Å². The van der Waals surface area contributed by atoms with Gasteiger partial charge >= 0.3 is 0 Å². The van der Waals surface area contributed by atoms with Crippen LogP contribution in [-0.2, 0) is 11.3 Å². The van der Waals surface area contributed by atoms with Crippen LogP contribution in [-0.4, -0.2) is 31.4 Å². The fourth-order valence-corrected chi connectivity index (χ4v) is 0.864. The van der Waals surface area contributed by atoms with Gasteiger partial charge in [0.05, 0.1) is 19.4 Å². The van der Waals surface area contributed by atoms with Gasteiger partial charge in [-0.25, -0.2) is 0 Å². The number of hydrogen-bond donors (Lipinski definition) is 1. The number of likely N-dealkylation sites (N-methyl/N-ethyl adjacent to an activating group) is 1. The van der Waals surface area contributed by atoms with Crippen LogP contribution in [0.2, 0.25) is 0 Å². The normalized spacial score (nSPS) is 10.0. The maximum absolute atomic E-state index is 11.1. The van der Waals surface area contributed by atoms with Crippen molar-refractivity contribution in [2.75, 3.05) is 20.6 Å². The van der Waals surface area contributed by atoms with Crippen molar-refractivity contribution in [3.05, 3.63) is 24.2 Å². The Balaban J connectivity index is 2.18. The largest absolute Gasteiger partial charge is 0.468 e. The molecule has 4 heteroatoms. The molecule has 0 aliphatic rings. The molecule has 0 spiro atoms. The molecule has 0 saturated heterocycles. The lowest BCUT2D eigenvalue weighted by atomic mass is 10.4. The Morgan fingerprint density at radius 1 is 1.62 bits per heavy atom. The van der Waals surface area contributed by atoms with E-state index in [-0.39, 0.29) is 5.91 Å². The van der Waals surface area contributed by atoms with Gasteiger partial charge < -0.3 is 14.6 Å². The molecule has 1 amide bonds. The quantitative estimate of drug-likeness (QED) is 0.735. The molecule has 0 radical (unpaired) electrons. The number of nitrogens with one attached hydrogen (secondary N) is 1. The van der Waals surface area contributed by atoms with E-state index in [1.165, 1.54) is 0 Å². The van der Waals surface area contributed by atoms with Crippen molar-refractivity contribution in [1.29, 1.82) is 0 Å². The second kappa shape index (κ2) is 4.67. The van der Waals surface area contributed by atoms with E-state index in [2.05, 4.69) is 5.32 Å². The minimum absolute atomic E-state index is 0.0616. The molecule has 1 aromatic heterocycles. The van der Waals surface area contributed by atoms with Crippen molar-refractivity contribution in [2.45, 2.75) is 6.54 Å². The van der Waals surface area contributed by atoms with Crippen molar-refractivity contribution >= 4 is 5.91 Å². The van der Waals surface area contributed by atoms with Crippen LogP contribution in [0.5, 0.6) is 0 Å². The van der Waals surface area contributed by atoms with E-state index in [1.807, 2.05) is 12.1 Å². The summed E-state index contributed by atoms with van der Waals surface area (Å²) in [6.07, 6.45) is 1.62. The molecule has 1 aromatic rings. The van der Waals surface area contributed by atoms with Crippen LogP contribution >= 0.6 is 0 Å². The topological polar surface area (TPSA) is 45.5 Å². The Labute approximate surface area is 77.5 Å².